The van der Waals surface area contributed by atoms with Gasteiger partial charge >= 0.3 is 8.08 Å². The Balaban J connectivity index is 2.75. The third-order valence-corrected chi connectivity index (χ3v) is 17.7. The molecule has 1 rings (SSSR count). The highest BCUT2D eigenvalue weighted by molar-refractivity contribution is 7.20. The van der Waals surface area contributed by atoms with Gasteiger partial charge in [-0.2, -0.15) is 0 Å². The predicted molar refractivity (Wildman–Crippen MR) is 78.5 cm³/mol. The van der Waals surface area contributed by atoms with Crippen LogP contribution in [-0.2, 0) is 12.7 Å². The molecule has 1 aliphatic heterocycles. The first-order valence-corrected chi connectivity index (χ1v) is 17.8. The SMILES string of the molecule is C[Si](C)(C)O[Si]1(O[Si](C)(C)C)CCCO[SiH2]1. The summed E-state index contributed by atoms with van der Waals surface area (Å²) in [5.74, 6) is 0. The van der Waals surface area contributed by atoms with E-state index in [0.717, 1.165) is 13.0 Å². The molecule has 0 N–H and O–H groups in total. The normalized spacial score (nSPS) is 23.6. The summed E-state index contributed by atoms with van der Waals surface area (Å²) in [6, 6.07) is 1.17. The van der Waals surface area contributed by atoms with Crippen molar-refractivity contribution in [3.8, 4) is 0 Å². The summed E-state index contributed by atoms with van der Waals surface area (Å²) in [7, 11) is -5.50. The average Bonchev–Trinajstić information content (AvgIpc) is 1.97. The van der Waals surface area contributed by atoms with Crippen LogP contribution in [0.15, 0.2) is 0 Å². The maximum atomic E-state index is 6.47. The molecule has 1 saturated heterocycles. The van der Waals surface area contributed by atoms with Gasteiger partial charge in [0.05, 0.1) is 0 Å². The molecular weight excluding hydrogens is 268 g/mol. The van der Waals surface area contributed by atoms with Crippen molar-refractivity contribution in [3.63, 3.8) is 0 Å². The first-order valence-electron chi connectivity index (χ1n) is 6.10. The van der Waals surface area contributed by atoms with Crippen molar-refractivity contribution in [3.05, 3.63) is 0 Å². The Bertz CT molecular complexity index is 210. The van der Waals surface area contributed by atoms with Gasteiger partial charge in [0.25, 0.3) is 0 Å². The topological polar surface area (TPSA) is 27.7 Å². The monoisotopic (exact) mass is 294 g/mol. The van der Waals surface area contributed by atoms with Crippen LogP contribution in [0.1, 0.15) is 6.42 Å². The second-order valence-electron chi connectivity index (χ2n) is 6.50. The van der Waals surface area contributed by atoms with Gasteiger partial charge in [-0.25, -0.2) is 0 Å². The molecule has 0 bridgehead atoms. The van der Waals surface area contributed by atoms with E-state index in [2.05, 4.69) is 39.3 Å². The van der Waals surface area contributed by atoms with E-state index in [0.29, 0.717) is 0 Å². The van der Waals surface area contributed by atoms with Crippen LogP contribution in [0.2, 0.25) is 45.3 Å². The second kappa shape index (κ2) is 5.17. The highest BCUT2D eigenvalue weighted by Gasteiger charge is 2.46. The fraction of sp³-hybridized carbons (Fsp3) is 1.00. The van der Waals surface area contributed by atoms with Crippen LogP contribution in [0.4, 0.5) is 0 Å². The van der Waals surface area contributed by atoms with Gasteiger partial charge in [-0.05, 0) is 51.7 Å². The molecule has 0 atom stereocenters. The molecule has 1 aliphatic rings. The fourth-order valence-corrected chi connectivity index (χ4v) is 25.7. The Hall–Kier alpha value is 0.748. The lowest BCUT2D eigenvalue weighted by atomic mass is 10.5. The van der Waals surface area contributed by atoms with E-state index in [1.54, 1.807) is 0 Å². The Morgan fingerprint density at radius 1 is 1.00 bits per heavy atom. The summed E-state index contributed by atoms with van der Waals surface area (Å²) in [6.07, 6.45) is 1.13. The zero-order valence-electron chi connectivity index (χ0n) is 11.6. The van der Waals surface area contributed by atoms with E-state index in [4.69, 9.17) is 12.7 Å². The summed E-state index contributed by atoms with van der Waals surface area (Å²) in [5.41, 5.74) is 0. The lowest BCUT2D eigenvalue weighted by Gasteiger charge is -2.42. The number of rotatable bonds is 4. The molecule has 0 spiro atoms. The molecule has 0 aromatic heterocycles. The molecule has 0 aromatic carbocycles. The summed E-state index contributed by atoms with van der Waals surface area (Å²) < 4.78 is 18.7. The highest BCUT2D eigenvalue weighted by atomic mass is 29.2. The molecule has 96 valence electrons. The van der Waals surface area contributed by atoms with Crippen molar-refractivity contribution in [2.45, 2.75) is 51.7 Å². The smallest absolute Gasteiger partial charge is 0.321 e. The molecule has 16 heavy (non-hydrogen) atoms. The van der Waals surface area contributed by atoms with Crippen LogP contribution >= 0.6 is 0 Å². The number of hydrogen-bond donors (Lipinski definition) is 0. The molecular formula is C9H26O3Si4. The first kappa shape index (κ1) is 14.8. The molecule has 3 nitrogen and oxygen atoms in total. The maximum Gasteiger partial charge on any atom is 0.321 e. The first-order chi connectivity index (χ1) is 7.12. The summed E-state index contributed by atoms with van der Waals surface area (Å²) in [5, 5.41) is 0. The predicted octanol–water partition coefficient (Wildman–Crippen LogP) is 2.13. The minimum absolute atomic E-state index is 0.580. The van der Waals surface area contributed by atoms with Crippen molar-refractivity contribution in [1.29, 1.82) is 0 Å². The number of hydrogen-bond acceptors (Lipinski definition) is 3. The summed E-state index contributed by atoms with van der Waals surface area (Å²) in [4.78, 5) is 0. The Labute approximate surface area is 105 Å². The summed E-state index contributed by atoms with van der Waals surface area (Å²) >= 11 is 0. The molecule has 0 saturated carbocycles. The highest BCUT2D eigenvalue weighted by Crippen LogP contribution is 2.27. The van der Waals surface area contributed by atoms with Crippen LogP contribution in [0, 0.1) is 0 Å². The Morgan fingerprint density at radius 3 is 1.81 bits per heavy atom. The van der Waals surface area contributed by atoms with Gasteiger partial charge in [0.2, 0.25) is 9.28 Å². The van der Waals surface area contributed by atoms with E-state index in [1.807, 2.05) is 0 Å². The van der Waals surface area contributed by atoms with E-state index in [-0.39, 0.29) is 0 Å². The van der Waals surface area contributed by atoms with Crippen molar-refractivity contribution in [2.75, 3.05) is 6.61 Å². The Kier molecular flexibility index (Phi) is 4.78. The quantitative estimate of drug-likeness (QED) is 0.744. The largest absolute Gasteiger partial charge is 0.438 e. The van der Waals surface area contributed by atoms with Gasteiger partial charge in [0.1, 0.15) is 0 Å². The van der Waals surface area contributed by atoms with E-state index in [1.165, 1.54) is 6.04 Å². The lowest BCUT2D eigenvalue weighted by Crippen LogP contribution is -2.61. The molecule has 7 heteroatoms. The van der Waals surface area contributed by atoms with Crippen LogP contribution in [0.25, 0.3) is 0 Å². The molecule has 0 aromatic rings. The van der Waals surface area contributed by atoms with Gasteiger partial charge in [-0.1, -0.05) is 0 Å². The molecule has 0 radical (unpaired) electrons. The second-order valence-corrected chi connectivity index (χ2v) is 23.7. The fourth-order valence-electron chi connectivity index (χ4n) is 2.04. The molecule has 1 heterocycles. The maximum absolute atomic E-state index is 6.47. The van der Waals surface area contributed by atoms with Crippen LogP contribution in [0.3, 0.4) is 0 Å². The molecule has 0 amide bonds. The van der Waals surface area contributed by atoms with Gasteiger partial charge in [-0.15, -0.1) is 0 Å². The van der Waals surface area contributed by atoms with Gasteiger partial charge < -0.3 is 12.7 Å². The van der Waals surface area contributed by atoms with Crippen LogP contribution in [0.5, 0.6) is 0 Å². The van der Waals surface area contributed by atoms with E-state index < -0.39 is 34.0 Å². The van der Waals surface area contributed by atoms with Gasteiger partial charge in [0, 0.05) is 6.61 Å². The van der Waals surface area contributed by atoms with Crippen LogP contribution < -0.4 is 0 Å². The van der Waals surface area contributed by atoms with Gasteiger partial charge in [-0.3, -0.25) is 0 Å². The zero-order valence-corrected chi connectivity index (χ0v) is 16.0. The zero-order chi connectivity index (χ0) is 12.4. The summed E-state index contributed by atoms with van der Waals surface area (Å²) in [6.45, 7) is 14.5. The third kappa shape index (κ3) is 5.39. The van der Waals surface area contributed by atoms with Crippen molar-refractivity contribution in [1.82, 2.24) is 0 Å². The minimum Gasteiger partial charge on any atom is -0.438 e. The molecule has 0 unspecified atom stereocenters. The average molecular weight is 295 g/mol. The van der Waals surface area contributed by atoms with Crippen LogP contribution in [-0.4, -0.2) is 40.6 Å². The lowest BCUT2D eigenvalue weighted by molar-refractivity contribution is 0.294. The van der Waals surface area contributed by atoms with Crippen molar-refractivity contribution >= 4 is 34.0 Å². The third-order valence-electron chi connectivity index (χ3n) is 2.15. The molecule has 1 fully saturated rings. The van der Waals surface area contributed by atoms with E-state index >= 15 is 0 Å². The minimum atomic E-state index is -1.91. The van der Waals surface area contributed by atoms with E-state index in [9.17, 15) is 0 Å². The molecule has 0 aliphatic carbocycles. The van der Waals surface area contributed by atoms with Crippen molar-refractivity contribution < 1.29 is 12.7 Å². The Morgan fingerprint density at radius 2 is 1.50 bits per heavy atom. The standard InChI is InChI=1S/C9H26O3Si4/c1-14(2,3)11-16(12-15(4,5)6)9-7-8-10-13-16/h7-9,13H2,1-6H3. The van der Waals surface area contributed by atoms with Crippen molar-refractivity contribution in [2.24, 2.45) is 0 Å². The van der Waals surface area contributed by atoms with Gasteiger partial charge in [0.15, 0.2) is 16.6 Å².